The van der Waals surface area contributed by atoms with Crippen molar-refractivity contribution < 1.29 is 13.9 Å². The van der Waals surface area contributed by atoms with Crippen molar-refractivity contribution in [3.05, 3.63) is 121 Å². The van der Waals surface area contributed by atoms with Crippen LogP contribution in [-0.4, -0.2) is 4.89 Å². The second-order valence-corrected chi connectivity index (χ2v) is 8.15. The monoisotopic (exact) mass is 420 g/mol. The third kappa shape index (κ3) is 8.05. The van der Waals surface area contributed by atoms with Crippen LogP contribution in [-0.2, 0) is 0 Å². The Morgan fingerprint density at radius 1 is 0.483 bits per heavy atom. The lowest BCUT2D eigenvalue weighted by Crippen LogP contribution is -2.01. The van der Waals surface area contributed by atoms with Crippen molar-refractivity contribution in [3.8, 4) is 11.5 Å². The second kappa shape index (κ2) is 12.0. The van der Waals surface area contributed by atoms with Crippen molar-refractivity contribution >= 4 is 27.8 Å². The molecule has 0 bridgehead atoms. The summed E-state index contributed by atoms with van der Waals surface area (Å²) in [4.78, 5) is 9.58. The van der Waals surface area contributed by atoms with Crippen LogP contribution in [0, 0.1) is 0 Å². The van der Waals surface area contributed by atoms with Gasteiger partial charge in [-0.05, 0) is 34.9 Å². The van der Waals surface area contributed by atoms with E-state index in [1.54, 1.807) is 24.3 Å². The van der Waals surface area contributed by atoms with Crippen LogP contribution in [0.2, 0.25) is 0 Å². The van der Waals surface area contributed by atoms with Gasteiger partial charge in [-0.15, -0.1) is 0 Å². The smallest absolute Gasteiger partial charge is 0.418 e. The van der Waals surface area contributed by atoms with Crippen LogP contribution in [0.5, 0.6) is 11.5 Å². The Labute approximate surface area is 174 Å². The van der Waals surface area contributed by atoms with Gasteiger partial charge in [0.05, 0.1) is 0 Å². The summed E-state index contributed by atoms with van der Waals surface area (Å²) in [5, 5.41) is 2.79. The molecule has 146 valence electrons. The van der Waals surface area contributed by atoms with Crippen LogP contribution in [0.4, 0.5) is 0 Å². The summed E-state index contributed by atoms with van der Waals surface area (Å²) >= 11 is 0. The normalized spacial score (nSPS) is 10.0. The molecule has 1 N–H and O–H groups in total. The zero-order valence-corrected chi connectivity index (χ0v) is 17.7. The summed E-state index contributed by atoms with van der Waals surface area (Å²) in [6.45, 7) is 0. The van der Waals surface area contributed by atoms with Crippen LogP contribution >= 0.6 is 17.2 Å². The molecule has 0 fully saturated rings. The van der Waals surface area contributed by atoms with E-state index in [1.165, 1.54) is 10.6 Å². The molecular formula is C24H22O3P2. The highest BCUT2D eigenvalue weighted by molar-refractivity contribution is 7.55. The van der Waals surface area contributed by atoms with E-state index in [0.29, 0.717) is 11.5 Å². The molecule has 0 saturated carbocycles. The van der Waals surface area contributed by atoms with Crippen molar-refractivity contribution in [1.29, 1.82) is 0 Å². The first-order valence-electron chi connectivity index (χ1n) is 9.12. The maximum atomic E-state index is 9.58. The van der Waals surface area contributed by atoms with Gasteiger partial charge in [-0.2, -0.15) is 0 Å². The predicted molar refractivity (Wildman–Crippen MR) is 124 cm³/mol. The van der Waals surface area contributed by atoms with Crippen molar-refractivity contribution in [1.82, 2.24) is 0 Å². The minimum Gasteiger partial charge on any atom is -0.418 e. The molecule has 0 amide bonds. The molecule has 0 aromatic heterocycles. The molecule has 0 radical (unpaired) electrons. The van der Waals surface area contributed by atoms with Gasteiger partial charge in [0.25, 0.3) is 0 Å². The van der Waals surface area contributed by atoms with E-state index in [-0.39, 0.29) is 0 Å². The fourth-order valence-corrected chi connectivity index (χ4v) is 4.06. The summed E-state index contributed by atoms with van der Waals surface area (Å²) in [7, 11) is -1.16. The van der Waals surface area contributed by atoms with E-state index in [2.05, 4.69) is 60.7 Å². The second-order valence-electron chi connectivity index (χ2n) is 5.90. The van der Waals surface area contributed by atoms with Crippen molar-refractivity contribution in [3.63, 3.8) is 0 Å². The van der Waals surface area contributed by atoms with E-state index in [0.717, 1.165) is 8.58 Å². The molecule has 0 aliphatic rings. The number of para-hydroxylation sites is 2. The minimum atomic E-state index is -1.93. The molecule has 4 aromatic carbocycles. The van der Waals surface area contributed by atoms with Gasteiger partial charge in [-0.1, -0.05) is 106 Å². The van der Waals surface area contributed by atoms with Crippen LogP contribution in [0.25, 0.3) is 0 Å². The average molecular weight is 420 g/mol. The Morgan fingerprint density at radius 3 is 1.14 bits per heavy atom. The first-order valence-corrected chi connectivity index (χ1v) is 11.2. The molecule has 0 atom stereocenters. The van der Waals surface area contributed by atoms with Gasteiger partial charge in [0, 0.05) is 0 Å². The molecule has 0 saturated heterocycles. The Hall–Kier alpha value is -2.70. The third-order valence-electron chi connectivity index (χ3n) is 3.69. The van der Waals surface area contributed by atoms with E-state index < -0.39 is 8.60 Å². The van der Waals surface area contributed by atoms with Gasteiger partial charge in [0.1, 0.15) is 11.5 Å². The molecule has 0 spiro atoms. The first-order chi connectivity index (χ1) is 14.3. The molecule has 4 aromatic rings. The standard InChI is InChI=1S/C12H11O3P.C12H11P/c13-16(14-11-7-3-1-4-8-11)15-12-9-5-2-6-10-12;1-3-7-11(8-4-1)13-12-9-5-2-6-10-12/h1-10,13H;1-10,13H. The predicted octanol–water partition coefficient (Wildman–Crippen LogP) is 5.68. The Kier molecular flexibility index (Phi) is 8.69. The van der Waals surface area contributed by atoms with Crippen molar-refractivity contribution in [2.45, 2.75) is 0 Å². The molecule has 0 heterocycles. The van der Waals surface area contributed by atoms with Gasteiger partial charge < -0.3 is 13.9 Å². The average Bonchev–Trinajstić information content (AvgIpc) is 2.77. The highest BCUT2D eigenvalue weighted by Gasteiger charge is 2.10. The van der Waals surface area contributed by atoms with Crippen LogP contribution in [0.3, 0.4) is 0 Å². The fourth-order valence-electron chi connectivity index (χ4n) is 2.37. The highest BCUT2D eigenvalue weighted by Crippen LogP contribution is 2.35. The van der Waals surface area contributed by atoms with Crippen LogP contribution in [0.1, 0.15) is 0 Å². The van der Waals surface area contributed by atoms with E-state index in [4.69, 9.17) is 9.05 Å². The largest absolute Gasteiger partial charge is 0.460 e. The number of hydrogen-bond donors (Lipinski definition) is 1. The van der Waals surface area contributed by atoms with Crippen molar-refractivity contribution in [2.24, 2.45) is 0 Å². The fraction of sp³-hybridized carbons (Fsp3) is 0. The molecule has 3 nitrogen and oxygen atoms in total. The van der Waals surface area contributed by atoms with Gasteiger partial charge in [-0.25, -0.2) is 0 Å². The molecule has 0 unspecified atom stereocenters. The van der Waals surface area contributed by atoms with Gasteiger partial charge in [0.2, 0.25) is 0 Å². The van der Waals surface area contributed by atoms with E-state index in [9.17, 15) is 4.89 Å². The molecule has 29 heavy (non-hydrogen) atoms. The molecule has 0 aliphatic heterocycles. The number of rotatable bonds is 6. The van der Waals surface area contributed by atoms with E-state index >= 15 is 0 Å². The zero-order valence-electron chi connectivity index (χ0n) is 15.8. The summed E-state index contributed by atoms with van der Waals surface area (Å²) < 4.78 is 10.4. The minimum absolute atomic E-state index is 0.590. The van der Waals surface area contributed by atoms with E-state index in [1.807, 2.05) is 36.4 Å². The summed E-state index contributed by atoms with van der Waals surface area (Å²) in [6, 6.07) is 39.3. The molecular weight excluding hydrogens is 398 g/mol. The number of hydrogen-bond acceptors (Lipinski definition) is 3. The van der Waals surface area contributed by atoms with Gasteiger partial charge >= 0.3 is 8.60 Å². The molecule has 4 rings (SSSR count). The third-order valence-corrected chi connectivity index (χ3v) is 5.67. The lowest BCUT2D eigenvalue weighted by atomic mass is 10.3. The number of benzene rings is 4. The molecule has 0 aliphatic carbocycles. The van der Waals surface area contributed by atoms with Gasteiger partial charge in [0.15, 0.2) is 0 Å². The summed E-state index contributed by atoms with van der Waals surface area (Å²) in [6.07, 6.45) is 0. The maximum Gasteiger partial charge on any atom is 0.460 e. The van der Waals surface area contributed by atoms with Crippen LogP contribution in [0.15, 0.2) is 121 Å². The SMILES string of the molecule is OP(Oc1ccccc1)Oc1ccccc1.c1ccc(Pc2ccccc2)cc1. The Balaban J connectivity index is 0.000000169. The van der Waals surface area contributed by atoms with Crippen molar-refractivity contribution in [2.75, 3.05) is 0 Å². The maximum absolute atomic E-state index is 9.58. The quantitative estimate of drug-likeness (QED) is 0.408. The summed E-state index contributed by atoms with van der Waals surface area (Å²) in [5.41, 5.74) is 0. The highest BCUT2D eigenvalue weighted by atomic mass is 31.2. The first kappa shape index (κ1) is 21.0. The zero-order chi connectivity index (χ0) is 20.2. The Bertz CT molecular complexity index is 858. The topological polar surface area (TPSA) is 38.7 Å². The van der Waals surface area contributed by atoms with Crippen LogP contribution < -0.4 is 19.7 Å². The van der Waals surface area contributed by atoms with Gasteiger partial charge in [-0.3, -0.25) is 0 Å². The molecule has 5 heteroatoms. The Morgan fingerprint density at radius 2 is 0.793 bits per heavy atom. The summed E-state index contributed by atoms with van der Waals surface area (Å²) in [5.74, 6) is 1.18. The lowest BCUT2D eigenvalue weighted by molar-refractivity contribution is 0.382. The lowest BCUT2D eigenvalue weighted by Gasteiger charge is -2.11.